The van der Waals surface area contributed by atoms with E-state index < -0.39 is 0 Å². The molecule has 1 aliphatic heterocycles. The number of carbonyl (C=O) groups excluding carboxylic acids is 1. The van der Waals surface area contributed by atoms with Gasteiger partial charge in [-0.1, -0.05) is 18.2 Å². The minimum Gasteiger partial charge on any atom is -0.375 e. The Bertz CT molecular complexity index is 681. The van der Waals surface area contributed by atoms with Crippen molar-refractivity contribution >= 4 is 5.91 Å². The minimum absolute atomic E-state index is 0.0155. The number of amides is 1. The van der Waals surface area contributed by atoms with Crippen LogP contribution in [0.15, 0.2) is 42.9 Å². The largest absolute Gasteiger partial charge is 0.375 e. The fraction of sp³-hybridized carbons (Fsp3) is 0.389. The summed E-state index contributed by atoms with van der Waals surface area (Å²) in [7, 11) is 0. The average molecular weight is 329 g/mol. The van der Waals surface area contributed by atoms with E-state index in [1.165, 1.54) is 12.4 Å². The number of carbonyl (C=O) groups is 1. The number of aryl methyl sites for hydroxylation is 1. The lowest BCUT2D eigenvalue weighted by Crippen LogP contribution is -2.46. The van der Waals surface area contributed by atoms with E-state index >= 15 is 0 Å². The number of rotatable bonds is 5. The maximum absolute atomic E-state index is 13.7. The molecule has 0 unspecified atom stereocenters. The van der Waals surface area contributed by atoms with Crippen LogP contribution in [0.1, 0.15) is 17.7 Å². The van der Waals surface area contributed by atoms with E-state index in [0.717, 1.165) is 18.5 Å². The van der Waals surface area contributed by atoms with Crippen molar-refractivity contribution in [1.82, 2.24) is 14.9 Å². The van der Waals surface area contributed by atoms with Crippen LogP contribution >= 0.6 is 0 Å². The topological polar surface area (TPSA) is 55.3 Å². The first-order chi connectivity index (χ1) is 11.7. The first-order valence-corrected chi connectivity index (χ1v) is 8.10. The van der Waals surface area contributed by atoms with E-state index in [1.54, 1.807) is 29.3 Å². The van der Waals surface area contributed by atoms with Crippen molar-refractivity contribution in [2.45, 2.75) is 25.4 Å². The van der Waals surface area contributed by atoms with Crippen LogP contribution in [-0.2, 0) is 22.4 Å². The third-order valence-electron chi connectivity index (χ3n) is 4.16. The van der Waals surface area contributed by atoms with Crippen molar-refractivity contribution in [3.63, 3.8) is 0 Å². The molecule has 126 valence electrons. The van der Waals surface area contributed by atoms with Gasteiger partial charge in [0, 0.05) is 25.0 Å². The van der Waals surface area contributed by atoms with Crippen LogP contribution in [0.2, 0.25) is 0 Å². The standard InChI is InChI=1S/C18H20FN3O2/c19-17-4-2-1-3-14(17)11-18(23)22-9-10-24-16(12-22)6-5-15-7-8-20-13-21-15/h1-4,7-8,13,16H,5-6,9-12H2/t16-/m0/s1. The number of aromatic nitrogens is 2. The van der Waals surface area contributed by atoms with Crippen LogP contribution in [0.3, 0.4) is 0 Å². The summed E-state index contributed by atoms with van der Waals surface area (Å²) >= 11 is 0. The first-order valence-electron chi connectivity index (χ1n) is 8.10. The van der Waals surface area contributed by atoms with Gasteiger partial charge in [-0.2, -0.15) is 0 Å². The number of hydrogen-bond acceptors (Lipinski definition) is 4. The molecule has 5 nitrogen and oxygen atoms in total. The lowest BCUT2D eigenvalue weighted by Gasteiger charge is -2.33. The van der Waals surface area contributed by atoms with Gasteiger partial charge in [-0.15, -0.1) is 0 Å². The van der Waals surface area contributed by atoms with E-state index in [1.807, 2.05) is 6.07 Å². The highest BCUT2D eigenvalue weighted by atomic mass is 19.1. The summed E-state index contributed by atoms with van der Waals surface area (Å²) in [6, 6.07) is 8.29. The molecule has 0 N–H and O–H groups in total. The average Bonchev–Trinajstić information content (AvgIpc) is 2.63. The van der Waals surface area contributed by atoms with Crippen LogP contribution in [0, 0.1) is 5.82 Å². The number of ether oxygens (including phenoxy) is 1. The Morgan fingerprint density at radius 1 is 1.33 bits per heavy atom. The predicted molar refractivity (Wildman–Crippen MR) is 86.8 cm³/mol. The van der Waals surface area contributed by atoms with E-state index in [9.17, 15) is 9.18 Å². The summed E-state index contributed by atoms with van der Waals surface area (Å²) in [5, 5.41) is 0. The highest BCUT2D eigenvalue weighted by Gasteiger charge is 2.24. The Kier molecular flexibility index (Phi) is 5.48. The summed E-state index contributed by atoms with van der Waals surface area (Å²) in [5.41, 5.74) is 1.40. The van der Waals surface area contributed by atoms with E-state index in [4.69, 9.17) is 4.74 Å². The Balaban J connectivity index is 1.53. The van der Waals surface area contributed by atoms with Gasteiger partial charge in [0.05, 0.1) is 19.1 Å². The second-order valence-corrected chi connectivity index (χ2v) is 5.84. The van der Waals surface area contributed by atoms with Crippen molar-refractivity contribution < 1.29 is 13.9 Å². The molecule has 1 amide bonds. The second kappa shape index (κ2) is 7.97. The molecule has 0 spiro atoms. The molecule has 6 heteroatoms. The summed E-state index contributed by atoms with van der Waals surface area (Å²) in [6.07, 6.45) is 4.89. The van der Waals surface area contributed by atoms with Crippen LogP contribution < -0.4 is 0 Å². The molecule has 3 rings (SSSR count). The molecule has 0 radical (unpaired) electrons. The van der Waals surface area contributed by atoms with E-state index in [2.05, 4.69) is 9.97 Å². The Morgan fingerprint density at radius 3 is 3.00 bits per heavy atom. The Hall–Kier alpha value is -2.34. The van der Waals surface area contributed by atoms with Crippen molar-refractivity contribution in [3.05, 3.63) is 59.9 Å². The highest BCUT2D eigenvalue weighted by Crippen LogP contribution is 2.14. The lowest BCUT2D eigenvalue weighted by molar-refractivity contribution is -0.138. The third-order valence-corrected chi connectivity index (χ3v) is 4.16. The van der Waals surface area contributed by atoms with Crippen molar-refractivity contribution in [2.24, 2.45) is 0 Å². The van der Waals surface area contributed by atoms with Gasteiger partial charge in [0.15, 0.2) is 0 Å². The van der Waals surface area contributed by atoms with Crippen LogP contribution in [0.5, 0.6) is 0 Å². The molecule has 1 aromatic carbocycles. The molecule has 1 aromatic heterocycles. The zero-order valence-corrected chi connectivity index (χ0v) is 13.4. The van der Waals surface area contributed by atoms with Gasteiger partial charge in [-0.05, 0) is 30.5 Å². The summed E-state index contributed by atoms with van der Waals surface area (Å²) in [5.74, 6) is -0.394. The molecule has 2 aromatic rings. The van der Waals surface area contributed by atoms with E-state index in [-0.39, 0.29) is 24.2 Å². The molecule has 1 fully saturated rings. The summed E-state index contributed by atoms with van der Waals surface area (Å²) in [6.45, 7) is 1.60. The van der Waals surface area contributed by atoms with Gasteiger partial charge in [0.2, 0.25) is 5.91 Å². The molecular weight excluding hydrogens is 309 g/mol. The van der Waals surface area contributed by atoms with Gasteiger partial charge >= 0.3 is 0 Å². The lowest BCUT2D eigenvalue weighted by atomic mass is 10.1. The van der Waals surface area contributed by atoms with Gasteiger partial charge in [-0.25, -0.2) is 14.4 Å². The fourth-order valence-corrected chi connectivity index (χ4v) is 2.81. The SMILES string of the molecule is O=C(Cc1ccccc1F)N1CCO[C@@H](CCc2ccncn2)C1. The monoisotopic (exact) mass is 329 g/mol. The van der Waals surface area contributed by atoms with Crippen LogP contribution in [0.25, 0.3) is 0 Å². The van der Waals surface area contributed by atoms with Crippen molar-refractivity contribution in [1.29, 1.82) is 0 Å². The van der Waals surface area contributed by atoms with E-state index in [0.29, 0.717) is 25.3 Å². The number of hydrogen-bond donors (Lipinski definition) is 0. The maximum atomic E-state index is 13.7. The van der Waals surface area contributed by atoms with Crippen molar-refractivity contribution in [2.75, 3.05) is 19.7 Å². The van der Waals surface area contributed by atoms with Crippen LogP contribution in [0.4, 0.5) is 4.39 Å². The number of benzene rings is 1. The Morgan fingerprint density at radius 2 is 2.21 bits per heavy atom. The molecule has 1 aliphatic rings. The molecule has 24 heavy (non-hydrogen) atoms. The number of nitrogens with zero attached hydrogens (tertiary/aromatic N) is 3. The molecule has 2 heterocycles. The number of halogens is 1. The number of morpholine rings is 1. The highest BCUT2D eigenvalue weighted by molar-refractivity contribution is 5.79. The molecular formula is C18H20FN3O2. The molecule has 0 saturated carbocycles. The zero-order chi connectivity index (χ0) is 16.8. The maximum Gasteiger partial charge on any atom is 0.227 e. The zero-order valence-electron chi connectivity index (χ0n) is 13.4. The predicted octanol–water partition coefficient (Wildman–Crippen LogP) is 2.02. The first kappa shape index (κ1) is 16.5. The second-order valence-electron chi connectivity index (χ2n) is 5.84. The molecule has 0 aliphatic carbocycles. The summed E-state index contributed by atoms with van der Waals surface area (Å²) < 4.78 is 19.4. The minimum atomic E-state index is -0.334. The normalized spacial score (nSPS) is 17.7. The Labute approximate surface area is 140 Å². The molecule has 1 saturated heterocycles. The fourth-order valence-electron chi connectivity index (χ4n) is 2.81. The van der Waals surface area contributed by atoms with Gasteiger partial charge in [0.1, 0.15) is 12.1 Å². The third kappa shape index (κ3) is 4.35. The van der Waals surface area contributed by atoms with Crippen molar-refractivity contribution in [3.8, 4) is 0 Å². The van der Waals surface area contributed by atoms with Gasteiger partial charge in [0.25, 0.3) is 0 Å². The van der Waals surface area contributed by atoms with Gasteiger partial charge in [-0.3, -0.25) is 4.79 Å². The smallest absolute Gasteiger partial charge is 0.227 e. The van der Waals surface area contributed by atoms with Gasteiger partial charge < -0.3 is 9.64 Å². The molecule has 0 bridgehead atoms. The van der Waals surface area contributed by atoms with Crippen LogP contribution in [-0.4, -0.2) is 46.6 Å². The molecule has 1 atom stereocenters. The summed E-state index contributed by atoms with van der Waals surface area (Å²) in [4.78, 5) is 22.3. The quantitative estimate of drug-likeness (QED) is 0.842.